The molecule has 0 spiro atoms. The molecule has 112 valence electrons. The summed E-state index contributed by atoms with van der Waals surface area (Å²) < 4.78 is 1.20. The fourth-order valence-electron chi connectivity index (χ4n) is 3.29. The van der Waals surface area contributed by atoms with E-state index in [1.807, 2.05) is 0 Å². The van der Waals surface area contributed by atoms with Crippen LogP contribution in [0, 0.1) is 5.41 Å². The van der Waals surface area contributed by atoms with Crippen LogP contribution in [0.1, 0.15) is 45.1 Å². The van der Waals surface area contributed by atoms with Crippen molar-refractivity contribution < 1.29 is 0 Å². The number of halogens is 1. The van der Waals surface area contributed by atoms with Crippen LogP contribution < -0.4 is 10.6 Å². The molecule has 0 atom stereocenters. The van der Waals surface area contributed by atoms with Gasteiger partial charge in [0.15, 0.2) is 0 Å². The molecule has 0 aromatic heterocycles. The number of piperidine rings is 1. The summed E-state index contributed by atoms with van der Waals surface area (Å²) in [7, 11) is 0. The van der Waals surface area contributed by atoms with Crippen molar-refractivity contribution in [2.24, 2.45) is 11.1 Å². The molecule has 2 nitrogen and oxygen atoms in total. The van der Waals surface area contributed by atoms with Crippen molar-refractivity contribution in [3.63, 3.8) is 0 Å². The second-order valence-corrected chi connectivity index (χ2v) is 6.86. The zero-order valence-electron chi connectivity index (χ0n) is 12.8. The Kier molecular flexibility index (Phi) is 5.50. The SMILES string of the molecule is CCC1(CC)CCN(c2ccc(CCN)c(Br)c2)CC1. The summed E-state index contributed by atoms with van der Waals surface area (Å²) in [5, 5.41) is 0. The van der Waals surface area contributed by atoms with Gasteiger partial charge in [0.25, 0.3) is 0 Å². The van der Waals surface area contributed by atoms with E-state index in [1.54, 1.807) is 0 Å². The van der Waals surface area contributed by atoms with Gasteiger partial charge in [-0.1, -0.05) is 48.7 Å². The number of rotatable bonds is 5. The number of anilines is 1. The Labute approximate surface area is 131 Å². The molecule has 1 aliphatic heterocycles. The molecule has 0 amide bonds. The molecule has 0 aliphatic carbocycles. The minimum Gasteiger partial charge on any atom is -0.371 e. The number of nitrogens with zero attached hydrogens (tertiary/aromatic N) is 1. The van der Waals surface area contributed by atoms with Gasteiger partial charge >= 0.3 is 0 Å². The highest BCUT2D eigenvalue weighted by atomic mass is 79.9. The lowest BCUT2D eigenvalue weighted by Crippen LogP contribution is -2.39. The Balaban J connectivity index is 2.05. The second-order valence-electron chi connectivity index (χ2n) is 6.01. The molecule has 1 saturated heterocycles. The van der Waals surface area contributed by atoms with Gasteiger partial charge in [-0.25, -0.2) is 0 Å². The summed E-state index contributed by atoms with van der Waals surface area (Å²) >= 11 is 3.68. The maximum atomic E-state index is 5.64. The van der Waals surface area contributed by atoms with Gasteiger partial charge in [-0.05, 0) is 48.9 Å². The minimum absolute atomic E-state index is 0.590. The van der Waals surface area contributed by atoms with Crippen LogP contribution in [-0.2, 0) is 6.42 Å². The molecule has 0 saturated carbocycles. The molecule has 1 fully saturated rings. The number of hydrogen-bond donors (Lipinski definition) is 1. The largest absolute Gasteiger partial charge is 0.371 e. The summed E-state index contributed by atoms with van der Waals surface area (Å²) in [5.74, 6) is 0. The van der Waals surface area contributed by atoms with Gasteiger partial charge in [-0.15, -0.1) is 0 Å². The Bertz CT molecular complexity index is 431. The Morgan fingerprint density at radius 3 is 2.35 bits per heavy atom. The first-order valence-corrected chi connectivity index (χ1v) is 8.67. The van der Waals surface area contributed by atoms with Gasteiger partial charge in [0.05, 0.1) is 0 Å². The maximum absolute atomic E-state index is 5.64. The van der Waals surface area contributed by atoms with E-state index in [2.05, 4.69) is 52.9 Å². The van der Waals surface area contributed by atoms with Gasteiger partial charge in [-0.2, -0.15) is 0 Å². The molecular formula is C17H27BrN2. The number of hydrogen-bond acceptors (Lipinski definition) is 2. The standard InChI is InChI=1S/C17H27BrN2/c1-3-17(4-2)8-11-20(12-9-17)15-6-5-14(7-10-19)16(18)13-15/h5-6,13H,3-4,7-12,19H2,1-2H3. The van der Waals surface area contributed by atoms with Gasteiger partial charge < -0.3 is 10.6 Å². The topological polar surface area (TPSA) is 29.3 Å². The van der Waals surface area contributed by atoms with E-state index >= 15 is 0 Å². The normalized spacial score (nSPS) is 18.3. The predicted octanol–water partition coefficient (Wildman–Crippen LogP) is 4.36. The number of benzene rings is 1. The van der Waals surface area contributed by atoms with E-state index in [4.69, 9.17) is 5.73 Å². The second kappa shape index (κ2) is 6.95. The van der Waals surface area contributed by atoms with Crippen LogP contribution in [0.3, 0.4) is 0 Å². The molecule has 3 heteroatoms. The molecule has 1 heterocycles. The van der Waals surface area contributed by atoms with E-state index in [-0.39, 0.29) is 0 Å². The van der Waals surface area contributed by atoms with E-state index in [9.17, 15) is 0 Å². The fourth-order valence-corrected chi connectivity index (χ4v) is 3.85. The van der Waals surface area contributed by atoms with Crippen LogP contribution in [0.2, 0.25) is 0 Å². The van der Waals surface area contributed by atoms with Gasteiger partial charge in [0, 0.05) is 23.2 Å². The molecule has 0 radical (unpaired) electrons. The van der Waals surface area contributed by atoms with Crippen LogP contribution in [0.25, 0.3) is 0 Å². The third-order valence-electron chi connectivity index (χ3n) is 5.14. The third-order valence-corrected chi connectivity index (χ3v) is 5.88. The van der Waals surface area contributed by atoms with Crippen LogP contribution in [0.4, 0.5) is 5.69 Å². The van der Waals surface area contributed by atoms with Crippen LogP contribution in [0.5, 0.6) is 0 Å². The first-order chi connectivity index (χ1) is 9.64. The van der Waals surface area contributed by atoms with Crippen molar-refractivity contribution in [3.8, 4) is 0 Å². The average Bonchev–Trinajstić information content (AvgIpc) is 2.49. The molecule has 2 rings (SSSR count). The van der Waals surface area contributed by atoms with Crippen molar-refractivity contribution in [2.45, 2.75) is 46.0 Å². The van der Waals surface area contributed by atoms with Crippen molar-refractivity contribution >= 4 is 21.6 Å². The molecule has 1 aromatic rings. The molecule has 2 N–H and O–H groups in total. The van der Waals surface area contributed by atoms with Crippen molar-refractivity contribution in [1.82, 2.24) is 0 Å². The quantitative estimate of drug-likeness (QED) is 0.864. The van der Waals surface area contributed by atoms with Crippen molar-refractivity contribution in [3.05, 3.63) is 28.2 Å². The van der Waals surface area contributed by atoms with Crippen LogP contribution >= 0.6 is 15.9 Å². The van der Waals surface area contributed by atoms with Crippen LogP contribution in [0.15, 0.2) is 22.7 Å². The Morgan fingerprint density at radius 1 is 1.20 bits per heavy atom. The molecule has 1 aliphatic rings. The minimum atomic E-state index is 0.590. The van der Waals surface area contributed by atoms with Gasteiger partial charge in [-0.3, -0.25) is 0 Å². The highest BCUT2D eigenvalue weighted by Gasteiger charge is 2.31. The van der Waals surface area contributed by atoms with E-state index < -0.39 is 0 Å². The van der Waals surface area contributed by atoms with E-state index in [0.717, 1.165) is 6.42 Å². The first kappa shape index (κ1) is 15.8. The van der Waals surface area contributed by atoms with E-state index in [0.29, 0.717) is 12.0 Å². The summed E-state index contributed by atoms with van der Waals surface area (Å²) in [6.45, 7) is 7.76. The molecule has 1 aromatic carbocycles. The maximum Gasteiger partial charge on any atom is 0.0377 e. The third kappa shape index (κ3) is 3.37. The van der Waals surface area contributed by atoms with Crippen LogP contribution in [-0.4, -0.2) is 19.6 Å². The molecule has 0 bridgehead atoms. The first-order valence-electron chi connectivity index (χ1n) is 7.87. The van der Waals surface area contributed by atoms with Crippen molar-refractivity contribution in [2.75, 3.05) is 24.5 Å². The summed E-state index contributed by atoms with van der Waals surface area (Å²) in [4.78, 5) is 2.53. The monoisotopic (exact) mass is 338 g/mol. The highest BCUT2D eigenvalue weighted by Crippen LogP contribution is 2.39. The summed E-state index contributed by atoms with van der Waals surface area (Å²) in [6.07, 6.45) is 6.22. The molecule has 0 unspecified atom stereocenters. The smallest absolute Gasteiger partial charge is 0.0377 e. The Morgan fingerprint density at radius 2 is 1.85 bits per heavy atom. The average molecular weight is 339 g/mol. The van der Waals surface area contributed by atoms with Gasteiger partial charge in [0.1, 0.15) is 0 Å². The zero-order valence-corrected chi connectivity index (χ0v) is 14.4. The predicted molar refractivity (Wildman–Crippen MR) is 91.4 cm³/mol. The number of nitrogens with two attached hydrogens (primary N) is 1. The lowest BCUT2D eigenvalue weighted by molar-refractivity contribution is 0.199. The summed E-state index contributed by atoms with van der Waals surface area (Å²) in [5.41, 5.74) is 8.89. The lowest BCUT2D eigenvalue weighted by Gasteiger charge is -2.42. The highest BCUT2D eigenvalue weighted by molar-refractivity contribution is 9.10. The van der Waals surface area contributed by atoms with Gasteiger partial charge in [0.2, 0.25) is 0 Å². The molecular weight excluding hydrogens is 312 g/mol. The van der Waals surface area contributed by atoms with E-state index in [1.165, 1.54) is 54.5 Å². The lowest BCUT2D eigenvalue weighted by atomic mass is 9.74. The molecule has 20 heavy (non-hydrogen) atoms. The van der Waals surface area contributed by atoms with Crippen molar-refractivity contribution in [1.29, 1.82) is 0 Å². The summed E-state index contributed by atoms with van der Waals surface area (Å²) in [6, 6.07) is 6.73. The zero-order chi connectivity index (χ0) is 14.6. The Hall–Kier alpha value is -0.540. The fraction of sp³-hybridized carbons (Fsp3) is 0.647.